The zero-order valence-corrected chi connectivity index (χ0v) is 10.2. The van der Waals surface area contributed by atoms with Crippen molar-refractivity contribution in [3.05, 3.63) is 24.3 Å². The molecule has 0 aliphatic rings. The first-order valence-electron chi connectivity index (χ1n) is 5.70. The Morgan fingerprint density at radius 2 is 2.00 bits per heavy atom. The van der Waals surface area contributed by atoms with E-state index in [0.717, 1.165) is 12.8 Å². The topological polar surface area (TPSA) is 55.4 Å². The summed E-state index contributed by atoms with van der Waals surface area (Å²) in [6, 6.07) is 6.89. The predicted octanol–water partition coefficient (Wildman–Crippen LogP) is 2.74. The smallest absolute Gasteiger partial charge is 0.311 e. The summed E-state index contributed by atoms with van der Waals surface area (Å²) in [5, 5.41) is 2.62. The molecule has 0 aliphatic carbocycles. The summed E-state index contributed by atoms with van der Waals surface area (Å²) in [7, 11) is 0. The number of benzene rings is 1. The molecule has 0 fully saturated rings. The van der Waals surface area contributed by atoms with E-state index in [4.69, 9.17) is 4.74 Å². The van der Waals surface area contributed by atoms with Gasteiger partial charge in [-0.1, -0.05) is 25.5 Å². The number of ether oxygens (including phenoxy) is 1. The Labute approximate surface area is 101 Å². The molecule has 1 aromatic carbocycles. The highest BCUT2D eigenvalue weighted by Crippen LogP contribution is 2.24. The van der Waals surface area contributed by atoms with Gasteiger partial charge in [0.05, 0.1) is 5.69 Å². The van der Waals surface area contributed by atoms with Gasteiger partial charge in [0.25, 0.3) is 0 Å². The van der Waals surface area contributed by atoms with Crippen molar-refractivity contribution in [1.82, 2.24) is 0 Å². The Balaban J connectivity index is 2.69. The van der Waals surface area contributed by atoms with E-state index in [1.54, 1.807) is 24.3 Å². The summed E-state index contributed by atoms with van der Waals surface area (Å²) in [5.41, 5.74) is 0.518. The van der Waals surface area contributed by atoms with Crippen LogP contribution in [0.2, 0.25) is 0 Å². The van der Waals surface area contributed by atoms with Crippen molar-refractivity contribution >= 4 is 17.6 Å². The van der Waals surface area contributed by atoms with Crippen molar-refractivity contribution in [2.75, 3.05) is 5.32 Å². The van der Waals surface area contributed by atoms with Gasteiger partial charge in [0.2, 0.25) is 5.91 Å². The number of nitrogens with one attached hydrogen (secondary N) is 1. The van der Waals surface area contributed by atoms with Crippen molar-refractivity contribution in [2.45, 2.75) is 33.1 Å². The maximum atomic E-state index is 11.5. The van der Waals surface area contributed by atoms with Gasteiger partial charge in [-0.3, -0.25) is 9.59 Å². The van der Waals surface area contributed by atoms with E-state index in [2.05, 4.69) is 5.32 Å². The van der Waals surface area contributed by atoms with Gasteiger partial charge in [-0.05, 0) is 18.6 Å². The summed E-state index contributed by atoms with van der Waals surface area (Å²) in [5.74, 6) is -0.0736. The molecule has 1 amide bonds. The minimum absolute atomic E-state index is 0.193. The van der Waals surface area contributed by atoms with Crippen LogP contribution in [0.1, 0.15) is 33.1 Å². The van der Waals surface area contributed by atoms with Gasteiger partial charge in [-0.2, -0.15) is 0 Å². The normalized spacial score (nSPS) is 9.76. The van der Waals surface area contributed by atoms with Crippen LogP contribution in [0.15, 0.2) is 24.3 Å². The van der Waals surface area contributed by atoms with Crippen LogP contribution in [0.5, 0.6) is 5.75 Å². The van der Waals surface area contributed by atoms with E-state index in [1.165, 1.54) is 6.92 Å². The Morgan fingerprint density at radius 3 is 2.65 bits per heavy atom. The number of rotatable bonds is 5. The molecule has 0 unspecified atom stereocenters. The highest BCUT2D eigenvalue weighted by atomic mass is 16.5. The SMILES string of the molecule is CCCCC(=O)Oc1ccccc1NC(C)=O. The lowest BCUT2D eigenvalue weighted by molar-refractivity contribution is -0.134. The minimum atomic E-state index is -0.273. The number of carbonyl (C=O) groups excluding carboxylic acids is 2. The van der Waals surface area contributed by atoms with Crippen molar-refractivity contribution in [2.24, 2.45) is 0 Å². The molecule has 4 heteroatoms. The molecule has 0 heterocycles. The first-order valence-corrected chi connectivity index (χ1v) is 5.70. The summed E-state index contributed by atoms with van der Waals surface area (Å²) in [6.45, 7) is 3.42. The highest BCUT2D eigenvalue weighted by Gasteiger charge is 2.09. The van der Waals surface area contributed by atoms with Gasteiger partial charge >= 0.3 is 5.97 Å². The number of amides is 1. The fourth-order valence-corrected chi connectivity index (χ4v) is 1.34. The molecule has 0 aromatic heterocycles. The first kappa shape index (κ1) is 13.2. The number of unbranched alkanes of at least 4 members (excludes halogenated alkanes) is 1. The molecular formula is C13H17NO3. The minimum Gasteiger partial charge on any atom is -0.424 e. The summed E-state index contributed by atoms with van der Waals surface area (Å²) in [4.78, 5) is 22.4. The number of hydrogen-bond acceptors (Lipinski definition) is 3. The fourth-order valence-electron chi connectivity index (χ4n) is 1.34. The van der Waals surface area contributed by atoms with Crippen LogP contribution in [0.25, 0.3) is 0 Å². The molecule has 1 aromatic rings. The first-order chi connectivity index (χ1) is 8.13. The Hall–Kier alpha value is -1.84. The van der Waals surface area contributed by atoms with E-state index in [1.807, 2.05) is 6.92 Å². The molecular weight excluding hydrogens is 218 g/mol. The van der Waals surface area contributed by atoms with E-state index in [9.17, 15) is 9.59 Å². The molecule has 0 saturated carbocycles. The third-order valence-corrected chi connectivity index (χ3v) is 2.16. The number of carbonyl (C=O) groups is 2. The molecule has 1 N–H and O–H groups in total. The van der Waals surface area contributed by atoms with Crippen molar-refractivity contribution in [3.8, 4) is 5.75 Å². The second-order valence-electron chi connectivity index (χ2n) is 3.75. The summed E-state index contributed by atoms with van der Waals surface area (Å²) < 4.78 is 5.19. The maximum Gasteiger partial charge on any atom is 0.311 e. The molecule has 17 heavy (non-hydrogen) atoms. The van der Waals surface area contributed by atoms with Crippen LogP contribution in [0.3, 0.4) is 0 Å². The fraction of sp³-hybridized carbons (Fsp3) is 0.385. The Kier molecular flexibility index (Phi) is 5.20. The summed E-state index contributed by atoms with van der Waals surface area (Å²) in [6.07, 6.45) is 2.15. The second-order valence-corrected chi connectivity index (χ2v) is 3.75. The van der Waals surface area contributed by atoms with Gasteiger partial charge in [-0.25, -0.2) is 0 Å². The lowest BCUT2D eigenvalue weighted by Gasteiger charge is -2.09. The third-order valence-electron chi connectivity index (χ3n) is 2.16. The van der Waals surface area contributed by atoms with E-state index < -0.39 is 0 Å². The average Bonchev–Trinajstić information content (AvgIpc) is 2.28. The van der Waals surface area contributed by atoms with Crippen LogP contribution in [0, 0.1) is 0 Å². The molecule has 0 spiro atoms. The monoisotopic (exact) mass is 235 g/mol. The lowest BCUT2D eigenvalue weighted by atomic mass is 10.2. The van der Waals surface area contributed by atoms with Crippen LogP contribution >= 0.6 is 0 Å². The highest BCUT2D eigenvalue weighted by molar-refractivity contribution is 5.91. The van der Waals surface area contributed by atoms with Gasteiger partial charge < -0.3 is 10.1 Å². The van der Waals surface area contributed by atoms with Crippen molar-refractivity contribution < 1.29 is 14.3 Å². The van der Waals surface area contributed by atoms with Gasteiger partial charge in [0, 0.05) is 13.3 Å². The molecule has 1 rings (SSSR count). The number of hydrogen-bond donors (Lipinski definition) is 1. The van der Waals surface area contributed by atoms with Crippen LogP contribution in [-0.4, -0.2) is 11.9 Å². The molecule has 0 aliphatic heterocycles. The van der Waals surface area contributed by atoms with Gasteiger partial charge in [0.15, 0.2) is 5.75 Å². The second kappa shape index (κ2) is 6.68. The molecule has 4 nitrogen and oxygen atoms in total. The lowest BCUT2D eigenvalue weighted by Crippen LogP contribution is -2.11. The zero-order chi connectivity index (χ0) is 12.7. The summed E-state index contributed by atoms with van der Waals surface area (Å²) >= 11 is 0. The van der Waals surface area contributed by atoms with Gasteiger partial charge in [0.1, 0.15) is 0 Å². The number of para-hydroxylation sites is 2. The number of anilines is 1. The molecule has 0 radical (unpaired) electrons. The number of esters is 1. The molecule has 0 saturated heterocycles. The predicted molar refractivity (Wildman–Crippen MR) is 65.9 cm³/mol. The molecule has 0 bridgehead atoms. The van der Waals surface area contributed by atoms with Crippen molar-refractivity contribution in [1.29, 1.82) is 0 Å². The molecule has 0 atom stereocenters. The van der Waals surface area contributed by atoms with E-state index in [-0.39, 0.29) is 11.9 Å². The largest absolute Gasteiger partial charge is 0.424 e. The standard InChI is InChI=1S/C13H17NO3/c1-3-4-9-13(16)17-12-8-6-5-7-11(12)14-10(2)15/h5-8H,3-4,9H2,1-2H3,(H,14,15). The van der Waals surface area contributed by atoms with Crippen LogP contribution in [0.4, 0.5) is 5.69 Å². The van der Waals surface area contributed by atoms with E-state index in [0.29, 0.717) is 17.9 Å². The molecule has 92 valence electrons. The van der Waals surface area contributed by atoms with Crippen LogP contribution in [-0.2, 0) is 9.59 Å². The third kappa shape index (κ3) is 4.68. The van der Waals surface area contributed by atoms with E-state index >= 15 is 0 Å². The van der Waals surface area contributed by atoms with Crippen molar-refractivity contribution in [3.63, 3.8) is 0 Å². The maximum absolute atomic E-state index is 11.5. The Morgan fingerprint density at radius 1 is 1.29 bits per heavy atom. The van der Waals surface area contributed by atoms with Gasteiger partial charge in [-0.15, -0.1) is 0 Å². The van der Waals surface area contributed by atoms with Crippen LogP contribution < -0.4 is 10.1 Å². The zero-order valence-electron chi connectivity index (χ0n) is 10.2. The Bertz CT molecular complexity index is 401. The average molecular weight is 235 g/mol. The quantitative estimate of drug-likeness (QED) is 0.630.